The molecule has 1 aliphatic heterocycles. The van der Waals surface area contributed by atoms with Gasteiger partial charge < -0.3 is 30.7 Å². The van der Waals surface area contributed by atoms with Crippen LogP contribution in [0, 0.1) is 24.7 Å². The summed E-state index contributed by atoms with van der Waals surface area (Å²) in [6.07, 6.45) is 22.8. The number of piperidine rings is 1. The minimum atomic E-state index is 0.237. The molecule has 0 aromatic carbocycles. The third-order valence-corrected chi connectivity index (χ3v) is 10.9. The maximum absolute atomic E-state index is 5.72. The predicted molar refractivity (Wildman–Crippen MR) is 227 cm³/mol. The molecule has 0 radical (unpaired) electrons. The fraction of sp³-hybridized carbons (Fsp3) is 0.409. The van der Waals surface area contributed by atoms with Crippen LogP contribution in [0.3, 0.4) is 0 Å². The van der Waals surface area contributed by atoms with Gasteiger partial charge in [-0.2, -0.15) is 10.2 Å². The van der Waals surface area contributed by atoms with Crippen molar-refractivity contribution in [2.75, 3.05) is 51.5 Å². The molecule has 7 heterocycles. The van der Waals surface area contributed by atoms with Crippen molar-refractivity contribution in [1.82, 2.24) is 49.8 Å². The van der Waals surface area contributed by atoms with Crippen molar-refractivity contribution in [3.05, 3.63) is 71.3 Å². The molecule has 2 aliphatic carbocycles. The summed E-state index contributed by atoms with van der Waals surface area (Å²) in [5.41, 5.74) is 8.21. The molecule has 9 rings (SSSR count). The first-order chi connectivity index (χ1) is 28.4. The number of likely N-dealkylation sites (N-methyl/N-ethyl adjacent to an activating group) is 1. The van der Waals surface area contributed by atoms with Gasteiger partial charge in [-0.3, -0.25) is 0 Å². The Kier molecular flexibility index (Phi) is 11.4. The molecule has 0 bridgehead atoms. The zero-order chi connectivity index (χ0) is 40.2. The molecule has 4 N–H and O–H groups in total. The number of aromatic nitrogens is 8. The van der Waals surface area contributed by atoms with Crippen LogP contribution in [-0.2, 0) is 0 Å². The number of pyridine rings is 2. The lowest BCUT2D eigenvalue weighted by atomic mass is 10.1. The standard InChI is InChI=1S/C22H24N6O.C22H26N6O/c1-3-14-8-9-17(26-22(14)25-16-5-4-10-23-12-16)18-13-24-20-11-19(29-2)21(15-6-7-15)27-28(18)20;1-5-14-9-10-17(26-22(14)25-16(6-2)12-23-3)18-13-24-20-11-19(29-4)21(15-7-8-15)27-28(18)20/h1,8-9,11,13,15-16,23H,4-7,10,12H2,2H3,(H,25,26);1,9-11,13,15-16,23H,6-8,12H2,2-4H3,(H,25,26). The highest BCUT2D eigenvalue weighted by Crippen LogP contribution is 2.44. The Morgan fingerprint density at radius 3 is 1.83 bits per heavy atom. The summed E-state index contributed by atoms with van der Waals surface area (Å²) >= 11 is 0. The van der Waals surface area contributed by atoms with Crippen molar-refractivity contribution in [2.45, 2.75) is 75.8 Å². The van der Waals surface area contributed by atoms with E-state index in [4.69, 9.17) is 42.5 Å². The zero-order valence-corrected chi connectivity index (χ0v) is 33.5. The quantitative estimate of drug-likeness (QED) is 0.104. The van der Waals surface area contributed by atoms with Crippen LogP contribution in [-0.4, -0.2) is 92.1 Å². The average Bonchev–Trinajstić information content (AvgIpc) is 4.21. The minimum Gasteiger partial charge on any atom is -0.495 e. The number of nitrogens with one attached hydrogen (secondary N) is 4. The van der Waals surface area contributed by atoms with E-state index in [0.717, 1.165) is 138 Å². The summed E-state index contributed by atoms with van der Waals surface area (Å²) in [7, 11) is 5.30. The number of rotatable bonds is 13. The third kappa shape index (κ3) is 8.12. The molecule has 14 nitrogen and oxygen atoms in total. The van der Waals surface area contributed by atoms with E-state index >= 15 is 0 Å². The van der Waals surface area contributed by atoms with Crippen molar-refractivity contribution >= 4 is 22.9 Å². The van der Waals surface area contributed by atoms with E-state index in [0.29, 0.717) is 23.7 Å². The van der Waals surface area contributed by atoms with Gasteiger partial charge in [0.15, 0.2) is 11.3 Å². The molecule has 3 fully saturated rings. The van der Waals surface area contributed by atoms with Gasteiger partial charge in [0, 0.05) is 49.1 Å². The Bertz CT molecular complexity index is 2340. The Balaban J connectivity index is 0.000000162. The molecule has 2 atom stereocenters. The van der Waals surface area contributed by atoms with Crippen LogP contribution in [0.2, 0.25) is 0 Å². The molecule has 58 heavy (non-hydrogen) atoms. The number of hydrogen-bond donors (Lipinski definition) is 4. The monoisotopic (exact) mass is 778 g/mol. The van der Waals surface area contributed by atoms with Crippen molar-refractivity contribution in [1.29, 1.82) is 0 Å². The molecule has 3 aliphatic rings. The molecule has 0 amide bonds. The second-order valence-electron chi connectivity index (χ2n) is 15.0. The maximum atomic E-state index is 5.72. The highest BCUT2D eigenvalue weighted by atomic mass is 16.5. The summed E-state index contributed by atoms with van der Waals surface area (Å²) in [5.74, 6) is 9.45. The Morgan fingerprint density at radius 2 is 1.36 bits per heavy atom. The SMILES string of the molecule is C#Cc1ccc(-c2cnc3cc(OC)c(C4CC4)nn23)nc1NC(CC)CNC.C#Cc1ccc(-c2cnc3cc(OC)c(C4CC4)nn23)nc1NC1CCCNC1. The van der Waals surface area contributed by atoms with E-state index in [9.17, 15) is 0 Å². The first-order valence-electron chi connectivity index (χ1n) is 20.1. The van der Waals surface area contributed by atoms with Crippen LogP contribution in [0.5, 0.6) is 11.5 Å². The number of terminal acetylenes is 2. The Morgan fingerprint density at radius 1 is 0.810 bits per heavy atom. The van der Waals surface area contributed by atoms with E-state index in [1.807, 2.05) is 58.7 Å². The van der Waals surface area contributed by atoms with Crippen molar-refractivity contribution < 1.29 is 9.47 Å². The van der Waals surface area contributed by atoms with Crippen molar-refractivity contribution in [3.8, 4) is 59.0 Å². The predicted octanol–water partition coefficient (Wildman–Crippen LogP) is 5.89. The summed E-state index contributed by atoms with van der Waals surface area (Å²) in [4.78, 5) is 18.7. The van der Waals surface area contributed by atoms with Gasteiger partial charge in [-0.25, -0.2) is 29.0 Å². The fourth-order valence-electron chi connectivity index (χ4n) is 7.34. The van der Waals surface area contributed by atoms with Gasteiger partial charge in [0.2, 0.25) is 0 Å². The summed E-state index contributed by atoms with van der Waals surface area (Å²) in [5, 5.41) is 23.3. The number of hydrogen-bond acceptors (Lipinski definition) is 12. The molecule has 1 saturated heterocycles. The maximum Gasteiger partial charge on any atom is 0.157 e. The molecule has 2 unspecified atom stereocenters. The molecular formula is C44H50N12O2. The molecule has 0 spiro atoms. The van der Waals surface area contributed by atoms with Gasteiger partial charge in [-0.05, 0) is 82.8 Å². The summed E-state index contributed by atoms with van der Waals surface area (Å²) < 4.78 is 14.8. The van der Waals surface area contributed by atoms with Gasteiger partial charge in [0.1, 0.15) is 45.9 Å². The number of fused-ring (bicyclic) bond motifs is 2. The summed E-state index contributed by atoms with van der Waals surface area (Å²) in [6.45, 7) is 4.94. The van der Waals surface area contributed by atoms with Crippen LogP contribution in [0.15, 0.2) is 48.8 Å². The van der Waals surface area contributed by atoms with E-state index in [-0.39, 0.29) is 6.04 Å². The molecule has 6 aromatic rings. The van der Waals surface area contributed by atoms with E-state index in [1.54, 1.807) is 20.4 Å². The molecule has 2 saturated carbocycles. The van der Waals surface area contributed by atoms with Gasteiger partial charge in [-0.1, -0.05) is 18.8 Å². The number of nitrogens with zero attached hydrogens (tertiary/aromatic N) is 8. The number of methoxy groups -OCH3 is 2. The van der Waals surface area contributed by atoms with Crippen LogP contribution in [0.25, 0.3) is 34.1 Å². The summed E-state index contributed by atoms with van der Waals surface area (Å²) in [6, 6.07) is 12.2. The van der Waals surface area contributed by atoms with E-state index in [1.165, 1.54) is 0 Å². The number of imidazole rings is 2. The average molecular weight is 779 g/mol. The lowest BCUT2D eigenvalue weighted by Gasteiger charge is -2.25. The smallest absolute Gasteiger partial charge is 0.157 e. The largest absolute Gasteiger partial charge is 0.495 e. The molecule has 298 valence electrons. The first-order valence-corrected chi connectivity index (χ1v) is 20.1. The second kappa shape index (κ2) is 17.1. The van der Waals surface area contributed by atoms with E-state index < -0.39 is 0 Å². The lowest BCUT2D eigenvalue weighted by molar-refractivity contribution is 0.405. The van der Waals surface area contributed by atoms with Crippen LogP contribution in [0.4, 0.5) is 11.6 Å². The highest BCUT2D eigenvalue weighted by Gasteiger charge is 2.31. The van der Waals surface area contributed by atoms with E-state index in [2.05, 4.69) is 50.0 Å². The zero-order valence-electron chi connectivity index (χ0n) is 33.5. The minimum absolute atomic E-state index is 0.237. The van der Waals surface area contributed by atoms with Crippen LogP contribution in [0.1, 0.15) is 86.2 Å². The van der Waals surface area contributed by atoms with Gasteiger partial charge in [-0.15, -0.1) is 12.8 Å². The van der Waals surface area contributed by atoms with Gasteiger partial charge in [0.25, 0.3) is 0 Å². The van der Waals surface area contributed by atoms with Crippen molar-refractivity contribution in [2.24, 2.45) is 0 Å². The van der Waals surface area contributed by atoms with Crippen LogP contribution >= 0.6 is 0 Å². The van der Waals surface area contributed by atoms with Gasteiger partial charge in [0.05, 0.1) is 49.1 Å². The Hall–Kier alpha value is -6.22. The molecule has 14 heteroatoms. The second-order valence-corrected chi connectivity index (χ2v) is 15.0. The lowest BCUT2D eigenvalue weighted by Crippen LogP contribution is -2.38. The highest BCUT2D eigenvalue weighted by molar-refractivity contribution is 5.67. The Labute approximate surface area is 339 Å². The number of ether oxygens (including phenoxy) is 2. The topological polar surface area (TPSA) is 153 Å². The normalized spacial score (nSPS) is 16.8. The van der Waals surface area contributed by atoms with Crippen molar-refractivity contribution in [3.63, 3.8) is 0 Å². The molecular weight excluding hydrogens is 729 g/mol. The fourth-order valence-corrected chi connectivity index (χ4v) is 7.34. The first kappa shape index (κ1) is 38.6. The number of anilines is 2. The molecule has 6 aromatic heterocycles. The third-order valence-electron chi connectivity index (χ3n) is 10.9. The van der Waals surface area contributed by atoms with Gasteiger partial charge >= 0.3 is 0 Å². The van der Waals surface area contributed by atoms with Crippen LogP contribution < -0.4 is 30.7 Å².